The second-order valence-electron chi connectivity index (χ2n) is 12.4. The average Bonchev–Trinajstić information content (AvgIpc) is 3.04. The summed E-state index contributed by atoms with van der Waals surface area (Å²) < 4.78 is 32.3. The van der Waals surface area contributed by atoms with Gasteiger partial charge in [0.15, 0.2) is 6.10 Å². The third-order valence-electron chi connectivity index (χ3n) is 7.90. The van der Waals surface area contributed by atoms with Crippen LogP contribution in [-0.2, 0) is 32.7 Å². The maximum Gasteiger partial charge on any atom is 0.472 e. The normalized spacial score (nSPS) is 13.6. The number of carbonyl (C=O) groups excluding carboxylic acids is 2. The van der Waals surface area contributed by atoms with Crippen LogP contribution >= 0.6 is 7.82 Å². The highest BCUT2D eigenvalue weighted by Crippen LogP contribution is 2.43. The molecule has 0 aromatic heterocycles. The van der Waals surface area contributed by atoms with Crippen LogP contribution in [-0.4, -0.2) is 49.3 Å². The molecule has 0 aromatic carbocycles. The van der Waals surface area contributed by atoms with Gasteiger partial charge < -0.3 is 20.1 Å². The number of allylic oxidation sites excluding steroid dienone is 2. The van der Waals surface area contributed by atoms with Gasteiger partial charge in [-0.3, -0.25) is 18.6 Å². The van der Waals surface area contributed by atoms with Gasteiger partial charge in [0.1, 0.15) is 6.61 Å². The van der Waals surface area contributed by atoms with E-state index in [-0.39, 0.29) is 32.6 Å². The molecule has 0 rings (SSSR count). The number of rotatable bonds is 35. The van der Waals surface area contributed by atoms with E-state index in [2.05, 4.69) is 26.0 Å². The number of ether oxygens (including phenoxy) is 2. The molecule has 0 aliphatic rings. The van der Waals surface area contributed by atoms with Crippen LogP contribution in [0.5, 0.6) is 0 Å². The molecule has 0 aliphatic heterocycles. The molecule has 3 N–H and O–H groups in total. The molecular formula is C36H70NO8P. The first kappa shape index (κ1) is 44.8. The Balaban J connectivity index is 3.96. The summed E-state index contributed by atoms with van der Waals surface area (Å²) in [7, 11) is -4.35. The molecule has 0 bridgehead atoms. The van der Waals surface area contributed by atoms with E-state index in [0.717, 1.165) is 44.9 Å². The van der Waals surface area contributed by atoms with Gasteiger partial charge in [0.05, 0.1) is 13.2 Å². The minimum atomic E-state index is -4.35. The lowest BCUT2D eigenvalue weighted by Crippen LogP contribution is -2.29. The number of esters is 2. The van der Waals surface area contributed by atoms with E-state index in [1.807, 2.05) is 0 Å². The summed E-state index contributed by atoms with van der Waals surface area (Å²) in [6.07, 6.45) is 31.7. The van der Waals surface area contributed by atoms with Gasteiger partial charge in [-0.2, -0.15) is 0 Å². The lowest BCUT2D eigenvalue weighted by Gasteiger charge is -2.19. The Hall–Kier alpha value is -1.25. The third kappa shape index (κ3) is 32.7. The number of carbonyl (C=O) groups is 2. The Morgan fingerprint density at radius 1 is 0.630 bits per heavy atom. The summed E-state index contributed by atoms with van der Waals surface area (Å²) in [6.45, 7) is 3.59. The summed E-state index contributed by atoms with van der Waals surface area (Å²) in [5.41, 5.74) is 5.30. The van der Waals surface area contributed by atoms with Crippen LogP contribution in [0.4, 0.5) is 0 Å². The number of hydrogen-bond donors (Lipinski definition) is 2. The van der Waals surface area contributed by atoms with Gasteiger partial charge in [-0.05, 0) is 38.5 Å². The summed E-state index contributed by atoms with van der Waals surface area (Å²) in [5, 5.41) is 0. The maximum absolute atomic E-state index is 12.4. The van der Waals surface area contributed by atoms with E-state index in [1.54, 1.807) is 0 Å². The molecule has 46 heavy (non-hydrogen) atoms. The van der Waals surface area contributed by atoms with Crippen LogP contribution in [0.25, 0.3) is 0 Å². The zero-order valence-electron chi connectivity index (χ0n) is 29.6. The molecular weight excluding hydrogens is 605 g/mol. The van der Waals surface area contributed by atoms with Crippen molar-refractivity contribution in [3.63, 3.8) is 0 Å². The summed E-state index contributed by atoms with van der Waals surface area (Å²) in [5.74, 6) is -0.847. The zero-order chi connectivity index (χ0) is 34.0. The SMILES string of the molecule is CCCCCCCCCC/C=C\CCCCCCCCCCCC(=O)OC(COC(=O)CCCCCC)COP(=O)(O)OCCN. The molecule has 0 heterocycles. The predicted octanol–water partition coefficient (Wildman–Crippen LogP) is 9.88. The fourth-order valence-corrected chi connectivity index (χ4v) is 5.86. The van der Waals surface area contributed by atoms with E-state index >= 15 is 0 Å². The number of unbranched alkanes of at least 4 members (excludes halogenated alkanes) is 20. The lowest BCUT2D eigenvalue weighted by molar-refractivity contribution is -0.161. The Bertz CT molecular complexity index is 779. The van der Waals surface area contributed by atoms with Gasteiger partial charge in [-0.15, -0.1) is 0 Å². The average molecular weight is 676 g/mol. The van der Waals surface area contributed by atoms with E-state index < -0.39 is 32.5 Å². The van der Waals surface area contributed by atoms with Crippen LogP contribution in [0.3, 0.4) is 0 Å². The zero-order valence-corrected chi connectivity index (χ0v) is 30.5. The van der Waals surface area contributed by atoms with Crippen LogP contribution < -0.4 is 5.73 Å². The van der Waals surface area contributed by atoms with E-state index in [0.29, 0.717) is 6.42 Å². The van der Waals surface area contributed by atoms with Gasteiger partial charge >= 0.3 is 19.8 Å². The van der Waals surface area contributed by atoms with E-state index in [1.165, 1.54) is 96.3 Å². The Morgan fingerprint density at radius 2 is 1.07 bits per heavy atom. The molecule has 0 fully saturated rings. The summed E-state index contributed by atoms with van der Waals surface area (Å²) in [4.78, 5) is 34.3. The van der Waals surface area contributed by atoms with Crippen LogP contribution in [0.1, 0.15) is 174 Å². The molecule has 10 heteroatoms. The maximum atomic E-state index is 12.4. The first-order valence-electron chi connectivity index (χ1n) is 18.7. The van der Waals surface area contributed by atoms with Crippen molar-refractivity contribution >= 4 is 19.8 Å². The molecule has 0 saturated carbocycles. The monoisotopic (exact) mass is 675 g/mol. The second-order valence-corrected chi connectivity index (χ2v) is 13.9. The topological polar surface area (TPSA) is 134 Å². The minimum Gasteiger partial charge on any atom is -0.462 e. The molecule has 0 saturated heterocycles. The quantitative estimate of drug-likeness (QED) is 0.0291. The summed E-state index contributed by atoms with van der Waals surface area (Å²) >= 11 is 0. The van der Waals surface area contributed by atoms with Crippen molar-refractivity contribution in [2.45, 2.75) is 180 Å². The standard InChI is InChI=1S/C36H70NO8P/c1-3-5-7-9-10-11-12-13-14-15-16-17-18-19-20-21-22-23-24-25-27-29-36(39)45-34(33-44-46(40,41)43-31-30-37)32-42-35(38)28-26-8-6-4-2/h15-16,34H,3-14,17-33,37H2,1-2H3,(H,40,41)/b16-15-. The first-order valence-corrected chi connectivity index (χ1v) is 20.2. The Morgan fingerprint density at radius 3 is 1.57 bits per heavy atom. The Kier molecular flexibility index (Phi) is 32.7. The van der Waals surface area contributed by atoms with Gasteiger partial charge in [0.2, 0.25) is 0 Å². The molecule has 2 atom stereocenters. The number of hydrogen-bond acceptors (Lipinski definition) is 8. The van der Waals surface area contributed by atoms with Gasteiger partial charge in [-0.25, -0.2) is 4.57 Å². The van der Waals surface area contributed by atoms with Crippen molar-refractivity contribution in [3.05, 3.63) is 12.2 Å². The van der Waals surface area contributed by atoms with Gasteiger partial charge in [0, 0.05) is 19.4 Å². The van der Waals surface area contributed by atoms with Crippen LogP contribution in [0, 0.1) is 0 Å². The fourth-order valence-electron chi connectivity index (χ4n) is 5.10. The third-order valence-corrected chi connectivity index (χ3v) is 8.89. The molecule has 0 spiro atoms. The minimum absolute atomic E-state index is 0.0549. The number of nitrogens with two attached hydrogens (primary N) is 1. The second kappa shape index (κ2) is 33.6. The Labute approximate surface area is 281 Å². The number of phosphoric acid groups is 1. The molecule has 0 aliphatic carbocycles. The smallest absolute Gasteiger partial charge is 0.462 e. The van der Waals surface area contributed by atoms with Crippen molar-refractivity contribution in [2.24, 2.45) is 5.73 Å². The first-order chi connectivity index (χ1) is 22.3. The van der Waals surface area contributed by atoms with E-state index in [9.17, 15) is 19.0 Å². The van der Waals surface area contributed by atoms with Crippen molar-refractivity contribution in [1.82, 2.24) is 0 Å². The lowest BCUT2D eigenvalue weighted by atomic mass is 10.1. The van der Waals surface area contributed by atoms with Crippen LogP contribution in [0.15, 0.2) is 12.2 Å². The van der Waals surface area contributed by atoms with Crippen molar-refractivity contribution in [1.29, 1.82) is 0 Å². The highest BCUT2D eigenvalue weighted by molar-refractivity contribution is 7.47. The molecule has 0 radical (unpaired) electrons. The molecule has 0 aromatic rings. The van der Waals surface area contributed by atoms with Gasteiger partial charge in [-0.1, -0.05) is 135 Å². The largest absolute Gasteiger partial charge is 0.472 e. The van der Waals surface area contributed by atoms with Gasteiger partial charge in [0.25, 0.3) is 0 Å². The highest BCUT2D eigenvalue weighted by atomic mass is 31.2. The number of phosphoric ester groups is 1. The summed E-state index contributed by atoms with van der Waals surface area (Å²) in [6, 6.07) is 0. The van der Waals surface area contributed by atoms with Crippen molar-refractivity contribution in [2.75, 3.05) is 26.4 Å². The van der Waals surface area contributed by atoms with Crippen molar-refractivity contribution < 1.29 is 37.6 Å². The molecule has 0 amide bonds. The predicted molar refractivity (Wildman–Crippen MR) is 188 cm³/mol. The van der Waals surface area contributed by atoms with Crippen molar-refractivity contribution in [3.8, 4) is 0 Å². The molecule has 272 valence electrons. The fraction of sp³-hybridized carbons (Fsp3) is 0.889. The highest BCUT2D eigenvalue weighted by Gasteiger charge is 2.25. The molecule has 2 unspecified atom stereocenters. The molecule has 9 nitrogen and oxygen atoms in total. The van der Waals surface area contributed by atoms with E-state index in [4.69, 9.17) is 24.3 Å². The van der Waals surface area contributed by atoms with Crippen LogP contribution in [0.2, 0.25) is 0 Å².